The maximum absolute atomic E-state index is 9.11. The lowest BCUT2D eigenvalue weighted by Crippen LogP contribution is -2.74. The van der Waals surface area contributed by atoms with E-state index in [2.05, 4.69) is 0 Å². The van der Waals surface area contributed by atoms with Gasteiger partial charge in [-0.25, -0.2) is 0 Å². The molecule has 0 heterocycles. The topological polar surface area (TPSA) is 121 Å². The molecular formula is C6H11ClO6. The van der Waals surface area contributed by atoms with Crippen molar-refractivity contribution in [2.75, 3.05) is 0 Å². The Hall–Kier alpha value is 0.0500. The highest BCUT2D eigenvalue weighted by atomic mass is 35.5. The van der Waals surface area contributed by atoms with E-state index in [0.29, 0.717) is 0 Å². The zero-order valence-electron chi connectivity index (χ0n) is 6.55. The van der Waals surface area contributed by atoms with E-state index < -0.39 is 29.2 Å². The van der Waals surface area contributed by atoms with Crippen molar-refractivity contribution in [2.24, 2.45) is 0 Å². The maximum Gasteiger partial charge on any atom is 0.275 e. The molecule has 0 aromatic carbocycles. The van der Waals surface area contributed by atoms with E-state index in [9.17, 15) is 0 Å². The standard InChI is InChI=1S/C6H11ClO6/c7-3-1-2-4(8,9)6(12,13)5(3,10)11/h3,8-13H,1-2H2. The SMILES string of the molecule is OC1(O)CCC(Cl)C(O)(O)C1(O)O. The van der Waals surface area contributed by atoms with Gasteiger partial charge in [-0.1, -0.05) is 0 Å². The third-order valence-electron chi connectivity index (χ3n) is 2.25. The van der Waals surface area contributed by atoms with Crippen LogP contribution >= 0.6 is 11.6 Å². The number of hydrogen-bond donors (Lipinski definition) is 6. The second-order valence-electron chi connectivity index (χ2n) is 3.22. The Morgan fingerprint density at radius 3 is 1.85 bits per heavy atom. The normalized spacial score (nSPS) is 35.8. The number of hydrogen-bond acceptors (Lipinski definition) is 6. The number of alkyl halides is 1. The zero-order chi connectivity index (χ0) is 10.5. The monoisotopic (exact) mass is 214 g/mol. The summed E-state index contributed by atoms with van der Waals surface area (Å²) in [5.74, 6) is -9.61. The fourth-order valence-corrected chi connectivity index (χ4v) is 1.48. The van der Waals surface area contributed by atoms with Crippen LogP contribution in [-0.2, 0) is 0 Å². The van der Waals surface area contributed by atoms with Crippen LogP contribution in [0, 0.1) is 0 Å². The van der Waals surface area contributed by atoms with E-state index in [4.69, 9.17) is 42.2 Å². The Balaban J connectivity index is 3.07. The molecule has 1 saturated carbocycles. The average Bonchev–Trinajstić information content (AvgIpc) is 1.97. The highest BCUT2D eigenvalue weighted by Gasteiger charge is 2.67. The van der Waals surface area contributed by atoms with Crippen molar-refractivity contribution in [3.05, 3.63) is 0 Å². The molecule has 1 rings (SSSR count). The van der Waals surface area contributed by atoms with Crippen molar-refractivity contribution >= 4 is 11.6 Å². The lowest BCUT2D eigenvalue weighted by molar-refractivity contribution is -0.464. The van der Waals surface area contributed by atoms with Crippen LogP contribution in [0.25, 0.3) is 0 Å². The summed E-state index contributed by atoms with van der Waals surface area (Å²) in [4.78, 5) is 0. The average molecular weight is 215 g/mol. The highest BCUT2D eigenvalue weighted by Crippen LogP contribution is 2.41. The molecule has 6 nitrogen and oxygen atoms in total. The summed E-state index contributed by atoms with van der Waals surface area (Å²) in [5.41, 5.74) is 0. The van der Waals surface area contributed by atoms with Gasteiger partial charge in [-0.15, -0.1) is 11.6 Å². The predicted octanol–water partition coefficient (Wildman–Crippen LogP) is -2.57. The van der Waals surface area contributed by atoms with Gasteiger partial charge >= 0.3 is 0 Å². The van der Waals surface area contributed by atoms with E-state index in [-0.39, 0.29) is 6.42 Å². The minimum Gasteiger partial charge on any atom is -0.361 e. The molecule has 13 heavy (non-hydrogen) atoms. The molecule has 1 aliphatic rings. The van der Waals surface area contributed by atoms with Gasteiger partial charge in [0.25, 0.3) is 5.79 Å². The van der Waals surface area contributed by atoms with Crippen molar-refractivity contribution in [3.63, 3.8) is 0 Å². The molecular weight excluding hydrogens is 204 g/mol. The van der Waals surface area contributed by atoms with E-state index in [1.807, 2.05) is 0 Å². The molecule has 1 aliphatic carbocycles. The summed E-state index contributed by atoms with van der Waals surface area (Å²) >= 11 is 5.38. The molecule has 0 aromatic rings. The minimum atomic E-state index is -3.47. The first kappa shape index (κ1) is 11.1. The summed E-state index contributed by atoms with van der Waals surface area (Å²) in [6, 6.07) is 0. The Kier molecular flexibility index (Phi) is 2.37. The van der Waals surface area contributed by atoms with Gasteiger partial charge in [-0.05, 0) is 6.42 Å². The third-order valence-corrected chi connectivity index (χ3v) is 2.78. The highest BCUT2D eigenvalue weighted by molar-refractivity contribution is 6.21. The molecule has 0 aliphatic heterocycles. The molecule has 0 amide bonds. The van der Waals surface area contributed by atoms with Gasteiger partial charge in [0.2, 0.25) is 11.6 Å². The van der Waals surface area contributed by atoms with E-state index in [0.717, 1.165) is 0 Å². The summed E-state index contributed by atoms with van der Waals surface area (Å²) in [5, 5.41) is 53.0. The predicted molar refractivity (Wildman–Crippen MR) is 40.4 cm³/mol. The van der Waals surface area contributed by atoms with Gasteiger partial charge in [0, 0.05) is 6.42 Å². The fraction of sp³-hybridized carbons (Fsp3) is 1.00. The molecule has 0 saturated heterocycles. The quantitative estimate of drug-likeness (QED) is 0.195. The van der Waals surface area contributed by atoms with Crippen LogP contribution in [0.15, 0.2) is 0 Å². The summed E-state index contributed by atoms with van der Waals surface area (Å²) in [7, 11) is 0. The zero-order valence-corrected chi connectivity index (χ0v) is 7.31. The van der Waals surface area contributed by atoms with E-state index in [1.54, 1.807) is 0 Å². The lowest BCUT2D eigenvalue weighted by Gasteiger charge is -2.48. The molecule has 7 heteroatoms. The third kappa shape index (κ3) is 1.35. The van der Waals surface area contributed by atoms with Crippen molar-refractivity contribution in [1.82, 2.24) is 0 Å². The smallest absolute Gasteiger partial charge is 0.275 e. The molecule has 78 valence electrons. The van der Waals surface area contributed by atoms with Gasteiger partial charge in [-0.3, -0.25) is 0 Å². The van der Waals surface area contributed by atoms with Crippen LogP contribution in [0.3, 0.4) is 0 Å². The van der Waals surface area contributed by atoms with Crippen molar-refractivity contribution < 1.29 is 30.6 Å². The second kappa shape index (κ2) is 2.77. The second-order valence-corrected chi connectivity index (χ2v) is 3.75. The summed E-state index contributed by atoms with van der Waals surface area (Å²) in [6.45, 7) is 0. The number of halogens is 1. The minimum absolute atomic E-state index is 0.162. The maximum atomic E-state index is 9.11. The van der Waals surface area contributed by atoms with Crippen LogP contribution in [0.5, 0.6) is 0 Å². The van der Waals surface area contributed by atoms with Crippen LogP contribution in [0.4, 0.5) is 0 Å². The van der Waals surface area contributed by atoms with E-state index >= 15 is 0 Å². The van der Waals surface area contributed by atoms with E-state index in [1.165, 1.54) is 0 Å². The van der Waals surface area contributed by atoms with Crippen LogP contribution < -0.4 is 0 Å². The number of aliphatic hydroxyl groups is 6. The van der Waals surface area contributed by atoms with Gasteiger partial charge in [0.15, 0.2) is 0 Å². The summed E-state index contributed by atoms with van der Waals surface area (Å²) in [6.07, 6.45) is -0.624. The molecule has 0 spiro atoms. The Morgan fingerprint density at radius 2 is 1.46 bits per heavy atom. The Labute approximate surface area is 78.6 Å². The van der Waals surface area contributed by atoms with Crippen molar-refractivity contribution in [1.29, 1.82) is 0 Å². The molecule has 0 radical (unpaired) electrons. The Morgan fingerprint density at radius 1 is 1.00 bits per heavy atom. The van der Waals surface area contributed by atoms with Gasteiger partial charge in [0.05, 0.1) is 5.38 Å². The van der Waals surface area contributed by atoms with Crippen molar-refractivity contribution in [2.45, 2.75) is 35.6 Å². The van der Waals surface area contributed by atoms with Crippen molar-refractivity contribution in [3.8, 4) is 0 Å². The van der Waals surface area contributed by atoms with Gasteiger partial charge in [-0.2, -0.15) is 0 Å². The molecule has 1 atom stereocenters. The first-order valence-corrected chi connectivity index (χ1v) is 4.05. The van der Waals surface area contributed by atoms with Crippen LogP contribution in [-0.4, -0.2) is 53.4 Å². The molecule has 0 aromatic heterocycles. The molecule has 6 N–H and O–H groups in total. The first-order valence-electron chi connectivity index (χ1n) is 3.61. The van der Waals surface area contributed by atoms with Crippen LogP contribution in [0.1, 0.15) is 12.8 Å². The molecule has 1 unspecified atom stereocenters. The first-order chi connectivity index (χ1) is 5.63. The largest absolute Gasteiger partial charge is 0.361 e. The van der Waals surface area contributed by atoms with Gasteiger partial charge in [0.1, 0.15) is 0 Å². The fourth-order valence-electron chi connectivity index (χ4n) is 1.22. The Bertz CT molecular complexity index is 213. The van der Waals surface area contributed by atoms with Gasteiger partial charge < -0.3 is 30.6 Å². The lowest BCUT2D eigenvalue weighted by atomic mass is 9.82. The number of rotatable bonds is 0. The summed E-state index contributed by atoms with van der Waals surface area (Å²) < 4.78 is 0. The molecule has 1 fully saturated rings. The van der Waals surface area contributed by atoms with Crippen LogP contribution in [0.2, 0.25) is 0 Å². The molecule has 0 bridgehead atoms.